The Morgan fingerprint density at radius 3 is 2.36 bits per heavy atom. The van der Waals surface area contributed by atoms with E-state index in [9.17, 15) is 13.2 Å². The Balaban J connectivity index is 2.94. The maximum absolute atomic E-state index is 12.3. The number of nitrogens with two attached hydrogens (primary N) is 1. The molecule has 4 nitrogen and oxygen atoms in total. The summed E-state index contributed by atoms with van der Waals surface area (Å²) in [4.78, 5) is 0. The van der Waals surface area contributed by atoms with E-state index in [0.29, 0.717) is 0 Å². The van der Waals surface area contributed by atoms with Crippen LogP contribution in [0.5, 0.6) is 0 Å². The van der Waals surface area contributed by atoms with Gasteiger partial charge in [-0.3, -0.25) is 10.4 Å². The lowest BCUT2D eigenvalue weighted by Gasteiger charge is -2.29. The van der Waals surface area contributed by atoms with Gasteiger partial charge in [-0.1, -0.05) is 0 Å². The Kier molecular flexibility index (Phi) is 2.21. The molecule has 80 valence electrons. The summed E-state index contributed by atoms with van der Waals surface area (Å²) >= 11 is 0. The molecule has 0 saturated carbocycles. The van der Waals surface area contributed by atoms with E-state index >= 15 is 0 Å². The highest BCUT2D eigenvalue weighted by Crippen LogP contribution is 2.32. The topological polar surface area (TPSA) is 65.5 Å². The summed E-state index contributed by atoms with van der Waals surface area (Å²) in [5.41, 5.74) is 3.19. The molecule has 0 amide bonds. The second-order valence-corrected chi connectivity index (χ2v) is 3.43. The number of alkyl halides is 3. The van der Waals surface area contributed by atoms with Crippen molar-refractivity contribution in [3.63, 3.8) is 0 Å². The van der Waals surface area contributed by atoms with Crippen LogP contribution in [0.4, 0.5) is 13.2 Å². The van der Waals surface area contributed by atoms with Gasteiger partial charge in [0.2, 0.25) is 0 Å². The molecule has 1 rings (SSSR count). The molecule has 0 bridgehead atoms. The molecular weight excluding hydrogens is 197 g/mol. The molecule has 0 aromatic carbocycles. The van der Waals surface area contributed by atoms with Gasteiger partial charge in [0.1, 0.15) is 17.1 Å². The van der Waals surface area contributed by atoms with Gasteiger partial charge >= 0.3 is 6.18 Å². The molecule has 0 radical (unpaired) electrons. The molecule has 1 aliphatic heterocycles. The predicted molar refractivity (Wildman–Crippen MR) is 46.2 cm³/mol. The number of amidine groups is 1. The fraction of sp³-hybridized carbons (Fsp3) is 0.714. The number of nitrogens with zero attached hydrogens (tertiary/aromatic N) is 2. The average Bonchev–Trinajstić information content (AvgIpc) is 2.28. The number of hydrogen-bond donors (Lipinski definition) is 2. The molecular formula is C7H11F3N4. The molecule has 0 fully saturated rings. The van der Waals surface area contributed by atoms with Crippen molar-refractivity contribution in [1.29, 1.82) is 5.41 Å². The highest BCUT2D eigenvalue weighted by molar-refractivity contribution is 5.99. The van der Waals surface area contributed by atoms with Crippen molar-refractivity contribution < 1.29 is 13.2 Å². The van der Waals surface area contributed by atoms with Crippen molar-refractivity contribution in [2.75, 3.05) is 7.05 Å². The zero-order valence-electron chi connectivity index (χ0n) is 7.81. The normalized spacial score (nSPS) is 27.8. The zero-order valence-corrected chi connectivity index (χ0v) is 7.81. The van der Waals surface area contributed by atoms with Gasteiger partial charge in [-0.15, -0.1) is 0 Å². The molecule has 1 atom stereocenters. The molecule has 1 heterocycles. The van der Waals surface area contributed by atoms with E-state index in [4.69, 9.17) is 11.1 Å². The minimum absolute atomic E-state index is 0.317. The van der Waals surface area contributed by atoms with E-state index in [-0.39, 0.29) is 12.3 Å². The number of halogens is 3. The summed E-state index contributed by atoms with van der Waals surface area (Å²) in [7, 11) is 1.38. The SMILES string of the molecule is CN1N=C(C(F)(F)F)CC1(C)C(=N)N. The molecule has 1 aliphatic rings. The Morgan fingerprint density at radius 2 is 2.14 bits per heavy atom. The number of rotatable bonds is 1. The fourth-order valence-electron chi connectivity index (χ4n) is 1.19. The second kappa shape index (κ2) is 2.86. The van der Waals surface area contributed by atoms with Crippen LogP contribution >= 0.6 is 0 Å². The van der Waals surface area contributed by atoms with Crippen molar-refractivity contribution in [3.05, 3.63) is 0 Å². The largest absolute Gasteiger partial charge is 0.431 e. The average molecular weight is 208 g/mol. The highest BCUT2D eigenvalue weighted by Gasteiger charge is 2.48. The van der Waals surface area contributed by atoms with Crippen molar-refractivity contribution in [3.8, 4) is 0 Å². The smallest absolute Gasteiger partial charge is 0.386 e. The first kappa shape index (κ1) is 10.8. The van der Waals surface area contributed by atoms with E-state index in [0.717, 1.165) is 5.01 Å². The third kappa shape index (κ3) is 1.53. The Bertz CT molecular complexity index is 296. The first-order valence-electron chi connectivity index (χ1n) is 3.91. The Hall–Kier alpha value is -1.27. The van der Waals surface area contributed by atoms with Crippen LogP contribution in [-0.2, 0) is 0 Å². The number of likely N-dealkylation sites (N-methyl/N-ethyl adjacent to an activating group) is 1. The van der Waals surface area contributed by atoms with Crippen molar-refractivity contribution in [1.82, 2.24) is 5.01 Å². The van der Waals surface area contributed by atoms with Gasteiger partial charge < -0.3 is 5.73 Å². The molecule has 0 aromatic rings. The van der Waals surface area contributed by atoms with Gasteiger partial charge in [0.25, 0.3) is 0 Å². The first-order valence-corrected chi connectivity index (χ1v) is 3.91. The molecule has 0 saturated heterocycles. The fourth-order valence-corrected chi connectivity index (χ4v) is 1.19. The Morgan fingerprint density at radius 1 is 1.64 bits per heavy atom. The lowest BCUT2D eigenvalue weighted by atomic mass is 9.94. The summed E-state index contributed by atoms with van der Waals surface area (Å²) < 4.78 is 36.8. The third-order valence-corrected chi connectivity index (χ3v) is 2.40. The minimum Gasteiger partial charge on any atom is -0.386 e. The van der Waals surface area contributed by atoms with Gasteiger partial charge in [-0.2, -0.15) is 18.3 Å². The molecule has 0 aliphatic carbocycles. The molecule has 0 spiro atoms. The summed E-state index contributed by atoms with van der Waals surface area (Å²) in [5.74, 6) is -0.317. The Labute approximate surface area is 79.1 Å². The molecule has 14 heavy (non-hydrogen) atoms. The first-order chi connectivity index (χ1) is 6.18. The van der Waals surface area contributed by atoms with Crippen LogP contribution in [-0.4, -0.2) is 35.3 Å². The summed E-state index contributed by atoms with van der Waals surface area (Å²) in [6, 6.07) is 0. The molecule has 3 N–H and O–H groups in total. The summed E-state index contributed by atoms with van der Waals surface area (Å²) in [5, 5.41) is 11.6. The molecule has 0 aromatic heterocycles. The van der Waals surface area contributed by atoms with Crippen LogP contribution in [0.3, 0.4) is 0 Å². The number of hydrogen-bond acceptors (Lipinski definition) is 3. The van der Waals surface area contributed by atoms with Gasteiger partial charge in [-0.05, 0) is 6.92 Å². The van der Waals surface area contributed by atoms with Crippen molar-refractivity contribution >= 4 is 11.5 Å². The van der Waals surface area contributed by atoms with Crippen LogP contribution in [0.25, 0.3) is 0 Å². The van der Waals surface area contributed by atoms with E-state index in [2.05, 4.69) is 5.10 Å². The summed E-state index contributed by atoms with van der Waals surface area (Å²) in [6.07, 6.45) is -4.82. The molecule has 7 heteroatoms. The van der Waals surface area contributed by atoms with Gasteiger partial charge in [0.15, 0.2) is 0 Å². The van der Waals surface area contributed by atoms with Crippen LogP contribution in [0.1, 0.15) is 13.3 Å². The monoisotopic (exact) mass is 208 g/mol. The maximum atomic E-state index is 12.3. The maximum Gasteiger partial charge on any atom is 0.431 e. The van der Waals surface area contributed by atoms with Gasteiger partial charge in [0, 0.05) is 13.5 Å². The van der Waals surface area contributed by atoms with E-state index in [1.807, 2.05) is 0 Å². The molecule has 1 unspecified atom stereocenters. The van der Waals surface area contributed by atoms with E-state index < -0.39 is 17.4 Å². The number of hydrazone groups is 1. The van der Waals surface area contributed by atoms with E-state index in [1.54, 1.807) is 0 Å². The van der Waals surface area contributed by atoms with Gasteiger partial charge in [0.05, 0.1) is 0 Å². The predicted octanol–water partition coefficient (Wildman–Crippen LogP) is 0.935. The summed E-state index contributed by atoms with van der Waals surface area (Å²) in [6.45, 7) is 1.46. The third-order valence-electron chi connectivity index (χ3n) is 2.40. The van der Waals surface area contributed by atoms with E-state index in [1.165, 1.54) is 14.0 Å². The minimum atomic E-state index is -4.44. The quantitative estimate of drug-likeness (QED) is 0.497. The van der Waals surface area contributed by atoms with Crippen LogP contribution in [0.2, 0.25) is 0 Å². The zero-order chi connectivity index (χ0) is 11.1. The standard InChI is InChI=1S/C7H11F3N4/c1-6(5(11)12)3-4(7(8,9)10)13-14(6)2/h3H2,1-2H3,(H3,11,12). The van der Waals surface area contributed by atoms with Crippen LogP contribution in [0.15, 0.2) is 5.10 Å². The van der Waals surface area contributed by atoms with Crippen LogP contribution in [0, 0.1) is 5.41 Å². The number of nitrogens with one attached hydrogen (secondary N) is 1. The lowest BCUT2D eigenvalue weighted by molar-refractivity contribution is -0.0602. The van der Waals surface area contributed by atoms with Crippen molar-refractivity contribution in [2.45, 2.75) is 25.1 Å². The highest BCUT2D eigenvalue weighted by atomic mass is 19.4. The lowest BCUT2D eigenvalue weighted by Crippen LogP contribution is -2.49. The van der Waals surface area contributed by atoms with Gasteiger partial charge in [-0.25, -0.2) is 0 Å². The van der Waals surface area contributed by atoms with Crippen molar-refractivity contribution in [2.24, 2.45) is 10.8 Å². The van der Waals surface area contributed by atoms with Crippen LogP contribution < -0.4 is 5.73 Å². The second-order valence-electron chi connectivity index (χ2n) is 3.43.